The van der Waals surface area contributed by atoms with Gasteiger partial charge in [0, 0.05) is 19.3 Å². The van der Waals surface area contributed by atoms with Crippen molar-refractivity contribution in [3.8, 4) is 0 Å². The SMILES string of the molecule is [C-]#[N+][C@@]1(C)CC[C@H](C2OC2CCC=C(C)C)[C@H]2C=C(C)CC[C@@H]21. The fraction of sp³-hybridized carbons (Fsp3) is 0.762. The van der Waals surface area contributed by atoms with Gasteiger partial charge in [0.25, 0.3) is 0 Å². The summed E-state index contributed by atoms with van der Waals surface area (Å²) >= 11 is 0. The third-order valence-corrected chi connectivity index (χ3v) is 6.37. The van der Waals surface area contributed by atoms with E-state index in [4.69, 9.17) is 11.3 Å². The molecule has 0 radical (unpaired) electrons. The van der Waals surface area contributed by atoms with E-state index in [1.54, 1.807) is 0 Å². The van der Waals surface area contributed by atoms with Crippen LogP contribution in [0.25, 0.3) is 4.85 Å². The molecule has 2 heteroatoms. The Labute approximate surface area is 141 Å². The first kappa shape index (κ1) is 16.8. The number of hydrogen-bond acceptors (Lipinski definition) is 1. The molecule has 23 heavy (non-hydrogen) atoms. The van der Waals surface area contributed by atoms with Crippen LogP contribution in [-0.2, 0) is 4.74 Å². The standard InChI is InChI=1S/C21H31NO/c1-14(2)7-6-8-19-20(23-19)16-11-12-21(4,22-5)18-10-9-15(3)13-17(16)18/h7,13,16-20H,6,8-12H2,1-4H3/t16-,17+,18-,19?,20?,21-/m0/s1. The van der Waals surface area contributed by atoms with Gasteiger partial charge in [-0.15, -0.1) is 0 Å². The van der Waals surface area contributed by atoms with Crippen molar-refractivity contribution in [3.05, 3.63) is 34.7 Å². The van der Waals surface area contributed by atoms with Crippen molar-refractivity contribution in [2.24, 2.45) is 17.8 Å². The third kappa shape index (κ3) is 3.41. The van der Waals surface area contributed by atoms with Crippen LogP contribution >= 0.6 is 0 Å². The van der Waals surface area contributed by atoms with Gasteiger partial charge in [-0.05, 0) is 64.7 Å². The van der Waals surface area contributed by atoms with Crippen LogP contribution < -0.4 is 0 Å². The van der Waals surface area contributed by atoms with Gasteiger partial charge in [-0.2, -0.15) is 0 Å². The zero-order valence-corrected chi connectivity index (χ0v) is 15.1. The minimum atomic E-state index is -0.148. The van der Waals surface area contributed by atoms with Gasteiger partial charge < -0.3 is 9.58 Å². The molecule has 2 fully saturated rings. The Balaban J connectivity index is 1.68. The van der Waals surface area contributed by atoms with Gasteiger partial charge >= 0.3 is 0 Å². The molecule has 1 heterocycles. The van der Waals surface area contributed by atoms with Crippen LogP contribution in [0.15, 0.2) is 23.3 Å². The van der Waals surface area contributed by atoms with E-state index in [-0.39, 0.29) is 5.54 Å². The molecule has 126 valence electrons. The molecule has 0 aromatic heterocycles. The molecule has 3 aliphatic rings. The molecule has 3 rings (SSSR count). The molecule has 0 bridgehead atoms. The summed E-state index contributed by atoms with van der Waals surface area (Å²) in [6.07, 6.45) is 12.6. The molecule has 2 nitrogen and oxygen atoms in total. The molecule has 0 N–H and O–H groups in total. The average molecular weight is 313 g/mol. The predicted octanol–water partition coefficient (Wildman–Crippen LogP) is 5.56. The number of epoxide rings is 1. The molecular formula is C21H31NO. The van der Waals surface area contributed by atoms with Crippen molar-refractivity contribution in [3.63, 3.8) is 0 Å². The average Bonchev–Trinajstić information content (AvgIpc) is 3.26. The first-order valence-corrected chi connectivity index (χ1v) is 9.29. The minimum Gasteiger partial charge on any atom is -0.369 e. The Bertz CT molecular complexity index is 551. The number of nitrogens with zero attached hydrogens (tertiary/aromatic N) is 1. The quantitative estimate of drug-likeness (QED) is 0.377. The lowest BCUT2D eigenvalue weighted by Crippen LogP contribution is -2.46. The molecule has 2 aliphatic carbocycles. The number of rotatable bonds is 4. The van der Waals surface area contributed by atoms with Crippen LogP contribution in [0.5, 0.6) is 0 Å². The van der Waals surface area contributed by atoms with Gasteiger partial charge in [-0.25, -0.2) is 6.57 Å². The number of hydrogen-bond donors (Lipinski definition) is 0. The first-order chi connectivity index (χ1) is 10.9. The smallest absolute Gasteiger partial charge is 0.233 e. The highest BCUT2D eigenvalue weighted by Gasteiger charge is 2.57. The van der Waals surface area contributed by atoms with E-state index in [0.717, 1.165) is 25.7 Å². The summed E-state index contributed by atoms with van der Waals surface area (Å²) in [5.74, 6) is 1.74. The summed E-state index contributed by atoms with van der Waals surface area (Å²) in [6, 6.07) is 0. The van der Waals surface area contributed by atoms with Crippen LogP contribution in [0.2, 0.25) is 0 Å². The lowest BCUT2D eigenvalue weighted by molar-refractivity contribution is 0.0938. The second-order valence-electron chi connectivity index (χ2n) is 8.41. The maximum absolute atomic E-state index is 7.69. The zero-order chi connectivity index (χ0) is 16.6. The highest BCUT2D eigenvalue weighted by molar-refractivity contribution is 5.19. The normalized spacial score (nSPS) is 42.2. The van der Waals surface area contributed by atoms with E-state index in [1.807, 2.05) is 0 Å². The van der Waals surface area contributed by atoms with Gasteiger partial charge in [0.05, 0.1) is 12.2 Å². The largest absolute Gasteiger partial charge is 0.369 e. The zero-order valence-electron chi connectivity index (χ0n) is 15.1. The summed E-state index contributed by atoms with van der Waals surface area (Å²) < 4.78 is 6.09. The molecule has 6 atom stereocenters. The fourth-order valence-corrected chi connectivity index (χ4v) is 4.91. The third-order valence-electron chi connectivity index (χ3n) is 6.37. The monoisotopic (exact) mass is 313 g/mol. The topological polar surface area (TPSA) is 16.9 Å². The number of ether oxygens (including phenoxy) is 1. The Morgan fingerprint density at radius 2 is 2.22 bits per heavy atom. The van der Waals surface area contributed by atoms with E-state index in [1.165, 1.54) is 24.0 Å². The van der Waals surface area contributed by atoms with Crippen LogP contribution in [0.3, 0.4) is 0 Å². The van der Waals surface area contributed by atoms with Crippen LogP contribution in [0.1, 0.15) is 66.2 Å². The van der Waals surface area contributed by atoms with Crippen LogP contribution in [0.4, 0.5) is 0 Å². The Hall–Kier alpha value is -1.07. The van der Waals surface area contributed by atoms with Crippen molar-refractivity contribution >= 4 is 0 Å². The van der Waals surface area contributed by atoms with Crippen molar-refractivity contribution in [2.75, 3.05) is 0 Å². The highest BCUT2D eigenvalue weighted by Crippen LogP contribution is 2.53. The van der Waals surface area contributed by atoms with Gasteiger partial charge in [0.1, 0.15) is 0 Å². The molecule has 0 aromatic rings. The van der Waals surface area contributed by atoms with Crippen molar-refractivity contribution in [1.82, 2.24) is 0 Å². The highest BCUT2D eigenvalue weighted by atomic mass is 16.6. The predicted molar refractivity (Wildman–Crippen MR) is 95.0 cm³/mol. The molecule has 0 spiro atoms. The molecule has 1 aliphatic heterocycles. The Kier molecular flexibility index (Phi) is 4.70. The molecule has 0 amide bonds. The molecule has 1 saturated carbocycles. The van der Waals surface area contributed by atoms with E-state index in [2.05, 4.69) is 44.7 Å². The molecule has 1 saturated heterocycles. The van der Waals surface area contributed by atoms with Gasteiger partial charge in [-0.3, -0.25) is 0 Å². The van der Waals surface area contributed by atoms with Crippen molar-refractivity contribution < 1.29 is 4.74 Å². The van der Waals surface area contributed by atoms with E-state index >= 15 is 0 Å². The maximum Gasteiger partial charge on any atom is 0.233 e. The van der Waals surface area contributed by atoms with Crippen molar-refractivity contribution in [1.29, 1.82) is 0 Å². The van der Waals surface area contributed by atoms with E-state index < -0.39 is 0 Å². The summed E-state index contributed by atoms with van der Waals surface area (Å²) in [5.41, 5.74) is 2.77. The van der Waals surface area contributed by atoms with E-state index in [9.17, 15) is 0 Å². The van der Waals surface area contributed by atoms with Gasteiger partial charge in [-0.1, -0.05) is 23.3 Å². The lowest BCUT2D eigenvalue weighted by atomic mass is 9.58. The van der Waals surface area contributed by atoms with Gasteiger partial charge in [0.15, 0.2) is 0 Å². The van der Waals surface area contributed by atoms with E-state index in [0.29, 0.717) is 30.0 Å². The first-order valence-electron chi connectivity index (χ1n) is 9.29. The lowest BCUT2D eigenvalue weighted by Gasteiger charge is -2.44. The van der Waals surface area contributed by atoms with Crippen LogP contribution in [-0.4, -0.2) is 17.7 Å². The second kappa shape index (κ2) is 6.44. The summed E-state index contributed by atoms with van der Waals surface area (Å²) in [4.78, 5) is 4.06. The summed E-state index contributed by atoms with van der Waals surface area (Å²) in [7, 11) is 0. The minimum absolute atomic E-state index is 0.148. The fourth-order valence-electron chi connectivity index (χ4n) is 4.91. The second-order valence-corrected chi connectivity index (χ2v) is 8.41. The van der Waals surface area contributed by atoms with Crippen LogP contribution in [0, 0.1) is 24.3 Å². The molecular weight excluding hydrogens is 282 g/mol. The Morgan fingerprint density at radius 3 is 2.91 bits per heavy atom. The summed E-state index contributed by atoms with van der Waals surface area (Å²) in [5, 5.41) is 0. The molecule has 2 unspecified atom stereocenters. The Morgan fingerprint density at radius 1 is 1.43 bits per heavy atom. The number of fused-ring (bicyclic) bond motifs is 1. The summed E-state index contributed by atoms with van der Waals surface area (Å²) in [6.45, 7) is 16.5. The maximum atomic E-state index is 7.69. The number of allylic oxidation sites excluding steroid dienone is 4. The van der Waals surface area contributed by atoms with Crippen molar-refractivity contribution in [2.45, 2.75) is 84.0 Å². The molecule has 0 aromatic carbocycles. The van der Waals surface area contributed by atoms with Gasteiger partial charge in [0.2, 0.25) is 5.54 Å².